The maximum absolute atomic E-state index is 13.2. The summed E-state index contributed by atoms with van der Waals surface area (Å²) in [4.78, 5) is 13.2. The van der Waals surface area contributed by atoms with Gasteiger partial charge in [-0.25, -0.2) is 4.79 Å². The lowest BCUT2D eigenvalue weighted by molar-refractivity contribution is 0.0525. The summed E-state index contributed by atoms with van der Waals surface area (Å²) < 4.78 is 47.0. The molecule has 0 aromatic heterocycles. The Balaban J connectivity index is 1.92. The van der Waals surface area contributed by atoms with E-state index in [2.05, 4.69) is 121 Å². The average Bonchev–Trinajstić information content (AvgIpc) is 0.812. The minimum absolute atomic E-state index is 0.303. The molecule has 4 aromatic carbocycles. The molecule has 8 nitrogen and oxygen atoms in total. The topological polar surface area (TPSA) is 81.7 Å². The van der Waals surface area contributed by atoms with Gasteiger partial charge in [0.1, 0.15) is 34.5 Å². The molecule has 0 saturated heterocycles. The molecule has 0 bridgehead atoms. The Morgan fingerprint density at radius 2 is 0.437 bits per heavy atom. The van der Waals surface area contributed by atoms with Gasteiger partial charge in [-0.05, 0) is 68.8 Å². The normalized spacial score (nSPS) is 11.2. The fraction of sp³-hybridized carbons (Fsp3) is 0.700. The summed E-state index contributed by atoms with van der Waals surface area (Å²) in [5, 5.41) is 0. The zero-order chi connectivity index (χ0) is 85.2. The lowest BCUT2D eigenvalue weighted by Crippen LogP contribution is -2.22. The number of benzene rings is 4. The Kier molecular flexibility index (Phi) is 64.5. The van der Waals surface area contributed by atoms with E-state index in [1.165, 1.54) is 308 Å². The number of unbranched alkanes of at least 4 members (excludes halogenated alkanes) is 54. The zero-order valence-electron chi connectivity index (χ0n) is 78.2. The van der Waals surface area contributed by atoms with E-state index >= 15 is 0 Å². The lowest BCUT2D eigenvalue weighted by Gasteiger charge is -2.15. The third-order valence-electron chi connectivity index (χ3n) is 23.1. The Morgan fingerprint density at radius 1 is 0.252 bits per heavy atom. The van der Waals surface area contributed by atoms with E-state index in [4.69, 9.17) is 39.6 Å². The van der Waals surface area contributed by atoms with Crippen molar-refractivity contribution >= 4 is 14.0 Å². The predicted octanol–water partition coefficient (Wildman–Crippen LogP) is 33.2. The van der Waals surface area contributed by atoms with Crippen molar-refractivity contribution in [3.8, 4) is 82.4 Å². The Hall–Kier alpha value is -6.39. The lowest BCUT2D eigenvalue weighted by atomic mass is 10.0. The first-order valence-corrected chi connectivity index (χ1v) is 53.8. The van der Waals surface area contributed by atoms with E-state index in [0.29, 0.717) is 91.9 Å². The predicted molar refractivity (Wildman–Crippen MR) is 514 cm³/mol. The SMILES string of the molecule is C#Cc1cc(OCCCCCCCCCCCC)c(C#Cc2cc(OCCCCCCCCCCCC)c(C#Cc3cc(OCCCCCCCCCCCC)c(C#Cc4ccc(C(=O)OCC[Si](C)(C)C)cc4)cc3OCCCCCCCCCCCC)cc2OCCCCCCCCCCCC)cc1OCCCCCCCCCCCC. The third kappa shape index (κ3) is 54.0. The van der Waals surface area contributed by atoms with Crippen LogP contribution in [0.1, 0.15) is 476 Å². The van der Waals surface area contributed by atoms with Gasteiger partial charge in [-0.1, -0.05) is 449 Å². The van der Waals surface area contributed by atoms with Gasteiger partial charge >= 0.3 is 5.97 Å². The molecule has 0 aliphatic rings. The van der Waals surface area contributed by atoms with Crippen LogP contribution in [0.15, 0.2) is 60.7 Å². The van der Waals surface area contributed by atoms with Crippen molar-refractivity contribution < 1.29 is 38.0 Å². The number of rotatable bonds is 76. The molecule has 119 heavy (non-hydrogen) atoms. The van der Waals surface area contributed by atoms with Crippen molar-refractivity contribution in [1.82, 2.24) is 0 Å². The number of carbonyl (C=O) groups is 1. The standard InChI is InChI=1S/C110H174O8Si/c1-11-18-24-30-36-42-48-54-60-66-82-112-104-91-100(105(90-97(104)17-7)113-83-67-61-55-49-43-37-31-25-19-12-2)78-79-102-94-109(117-87-71-65-59-53-47-41-35-29-23-16-6)103(95-108(102)116-86-70-64-58-52-46-40-34-28-22-15-5)81-80-101-93-106(114-84-68-62-56-50-44-38-32-26-20-13-3)99(92-107(101)115-85-69-63-57-51-45-39-33-27-21-14-4)77-74-96-72-75-98(76-73-96)110(111)118-88-89-119(8,9)10/h7,72-73,75-76,90-95H,11-16,18-71,82-89H2,1-6,8-10H3. The van der Waals surface area contributed by atoms with E-state index in [0.717, 1.165) is 116 Å². The maximum Gasteiger partial charge on any atom is 0.338 e. The van der Waals surface area contributed by atoms with Gasteiger partial charge in [-0.3, -0.25) is 0 Å². The highest BCUT2D eigenvalue weighted by molar-refractivity contribution is 6.76. The largest absolute Gasteiger partial charge is 0.492 e. The summed E-state index contributed by atoms with van der Waals surface area (Å²) in [7, 11) is -1.37. The van der Waals surface area contributed by atoms with Crippen molar-refractivity contribution in [3.63, 3.8) is 0 Å². The zero-order valence-corrected chi connectivity index (χ0v) is 79.2. The van der Waals surface area contributed by atoms with Crippen LogP contribution in [0.3, 0.4) is 0 Å². The van der Waals surface area contributed by atoms with Crippen LogP contribution in [0, 0.1) is 47.9 Å². The van der Waals surface area contributed by atoms with E-state index in [9.17, 15) is 4.79 Å². The van der Waals surface area contributed by atoms with Gasteiger partial charge in [-0.2, -0.15) is 0 Å². The van der Waals surface area contributed by atoms with Crippen LogP contribution in [0.25, 0.3) is 0 Å². The number of ether oxygens (including phenoxy) is 7. The summed E-state index contributed by atoms with van der Waals surface area (Å²) in [5.41, 5.74) is 5.64. The smallest absolute Gasteiger partial charge is 0.338 e. The van der Waals surface area contributed by atoms with Crippen molar-refractivity contribution in [2.75, 3.05) is 46.2 Å². The molecule has 0 heterocycles. The summed E-state index contributed by atoms with van der Waals surface area (Å²) in [6.07, 6.45) is 80.8. The van der Waals surface area contributed by atoms with Crippen LogP contribution in [-0.2, 0) is 4.74 Å². The molecule has 0 atom stereocenters. The van der Waals surface area contributed by atoms with Crippen LogP contribution in [0.4, 0.5) is 0 Å². The average molecular weight is 1650 g/mol. The fourth-order valence-corrected chi connectivity index (χ4v) is 16.0. The highest BCUT2D eigenvalue weighted by atomic mass is 28.3. The number of carbonyl (C=O) groups excluding carboxylic acids is 1. The molecule has 0 fully saturated rings. The second-order valence-corrected chi connectivity index (χ2v) is 41.3. The molecular weight excluding hydrogens is 1480 g/mol. The van der Waals surface area contributed by atoms with E-state index < -0.39 is 8.07 Å². The second-order valence-electron chi connectivity index (χ2n) is 35.6. The summed E-state index contributed by atoms with van der Waals surface area (Å²) in [6.45, 7) is 24.4. The molecule has 0 saturated carbocycles. The Bertz CT molecular complexity index is 3410. The Morgan fingerprint density at radius 3 is 0.639 bits per heavy atom. The maximum atomic E-state index is 13.2. The fourth-order valence-electron chi connectivity index (χ4n) is 15.3. The minimum atomic E-state index is -1.37. The molecule has 0 aliphatic heterocycles. The molecule has 0 unspecified atom stereocenters. The second kappa shape index (κ2) is 73.2. The molecule has 0 radical (unpaired) electrons. The molecule has 0 spiro atoms. The molecule has 4 rings (SSSR count). The quantitative estimate of drug-likeness (QED) is 0.0187. The van der Waals surface area contributed by atoms with E-state index in [1.54, 1.807) is 0 Å². The molecule has 0 N–H and O–H groups in total. The highest BCUT2D eigenvalue weighted by Gasteiger charge is 2.19. The summed E-state index contributed by atoms with van der Waals surface area (Å²) in [6, 6.07) is 20.7. The summed E-state index contributed by atoms with van der Waals surface area (Å²) in [5.74, 6) is 28.4. The van der Waals surface area contributed by atoms with Gasteiger partial charge in [0.05, 0.1) is 85.2 Å². The molecule has 666 valence electrons. The van der Waals surface area contributed by atoms with Gasteiger partial charge in [-0.15, -0.1) is 6.42 Å². The first-order valence-electron chi connectivity index (χ1n) is 50.1. The number of hydrogen-bond acceptors (Lipinski definition) is 8. The third-order valence-corrected chi connectivity index (χ3v) is 24.8. The van der Waals surface area contributed by atoms with Crippen molar-refractivity contribution in [2.45, 2.75) is 452 Å². The molecule has 4 aromatic rings. The van der Waals surface area contributed by atoms with Gasteiger partial charge in [0.25, 0.3) is 0 Å². The van der Waals surface area contributed by atoms with Crippen LogP contribution in [0.2, 0.25) is 25.7 Å². The van der Waals surface area contributed by atoms with Crippen LogP contribution >= 0.6 is 0 Å². The molecule has 9 heteroatoms. The number of terminal acetylenes is 1. The molecular formula is C110H174O8Si. The first-order chi connectivity index (χ1) is 58.5. The Labute approximate surface area is 733 Å². The number of esters is 1. The van der Waals surface area contributed by atoms with Crippen LogP contribution in [0.5, 0.6) is 34.5 Å². The van der Waals surface area contributed by atoms with Crippen LogP contribution < -0.4 is 28.4 Å². The van der Waals surface area contributed by atoms with Crippen molar-refractivity contribution in [1.29, 1.82) is 0 Å². The van der Waals surface area contributed by atoms with E-state index in [1.807, 2.05) is 42.5 Å². The minimum Gasteiger partial charge on any atom is -0.492 e. The number of hydrogen-bond donors (Lipinski definition) is 0. The van der Waals surface area contributed by atoms with Gasteiger partial charge < -0.3 is 33.2 Å². The monoisotopic (exact) mass is 1650 g/mol. The van der Waals surface area contributed by atoms with Gasteiger partial charge in [0.2, 0.25) is 0 Å². The van der Waals surface area contributed by atoms with Crippen LogP contribution in [-0.4, -0.2) is 60.3 Å². The first kappa shape index (κ1) is 105. The van der Waals surface area contributed by atoms with E-state index in [-0.39, 0.29) is 5.97 Å². The van der Waals surface area contributed by atoms with Gasteiger partial charge in [0, 0.05) is 50.0 Å². The summed E-state index contributed by atoms with van der Waals surface area (Å²) >= 11 is 0. The molecule has 0 amide bonds. The highest BCUT2D eigenvalue weighted by Crippen LogP contribution is 2.35. The van der Waals surface area contributed by atoms with Crippen molar-refractivity contribution in [3.05, 3.63) is 105 Å². The van der Waals surface area contributed by atoms with Gasteiger partial charge in [0.15, 0.2) is 0 Å². The molecule has 0 aliphatic carbocycles. The van der Waals surface area contributed by atoms with Crippen molar-refractivity contribution in [2.24, 2.45) is 0 Å².